The minimum atomic E-state index is -1.36. The number of urea groups is 1. The molecular weight excluding hydrogens is 492 g/mol. The summed E-state index contributed by atoms with van der Waals surface area (Å²) in [5, 5.41) is 29.0. The van der Waals surface area contributed by atoms with Gasteiger partial charge in [-0.1, -0.05) is 53.7 Å². The van der Waals surface area contributed by atoms with Crippen LogP contribution in [0.2, 0.25) is 5.02 Å². The van der Waals surface area contributed by atoms with E-state index in [0.717, 1.165) is 11.1 Å². The first-order valence-corrected chi connectivity index (χ1v) is 10.5. The van der Waals surface area contributed by atoms with E-state index in [4.69, 9.17) is 11.6 Å². The third-order valence-corrected chi connectivity index (χ3v) is 5.31. The van der Waals surface area contributed by atoms with E-state index in [2.05, 4.69) is 10.6 Å². The van der Waals surface area contributed by atoms with Gasteiger partial charge in [-0.3, -0.25) is 4.79 Å². The Morgan fingerprint density at radius 3 is 2.34 bits per heavy atom. The van der Waals surface area contributed by atoms with Crippen LogP contribution in [-0.2, 0) is 18.3 Å². The van der Waals surface area contributed by atoms with Gasteiger partial charge in [-0.25, -0.2) is 4.79 Å². The number of carbonyl (C=O) groups is 2. The van der Waals surface area contributed by atoms with Crippen molar-refractivity contribution in [2.75, 3.05) is 5.32 Å². The number of pyridine rings is 1. The number of carboxylic acid groups (broad SMARTS) is 1. The molecule has 0 spiro atoms. The number of carbonyl (C=O) groups excluding carboxylic acids is 2. The van der Waals surface area contributed by atoms with Crippen LogP contribution in [0, 0.1) is 6.92 Å². The molecule has 2 aromatic carbocycles. The van der Waals surface area contributed by atoms with E-state index >= 15 is 0 Å². The standard InChI is InChI=1S/C24H24ClN3O5.2Na/c1-14-13-28(2)23(32)21(22(14)31)27-24(33)26-19(12-20(29)30)17-7-3-5-15(10-17)9-16-6-4-8-18(25)11-16;;/h3-8,10-11,13,19,31H,9,12H2,1-2H3,(H,29,30)(H2,26,27,33);;/q;2*+1/p-2. The molecule has 11 heteroatoms. The summed E-state index contributed by atoms with van der Waals surface area (Å²) in [7, 11) is 1.46. The number of nitrogens with one attached hydrogen (secondary N) is 2. The van der Waals surface area contributed by atoms with Gasteiger partial charge >= 0.3 is 65.1 Å². The smallest absolute Gasteiger partial charge is 0.871 e. The van der Waals surface area contributed by atoms with Gasteiger partial charge in [0.2, 0.25) is 0 Å². The maximum absolute atomic E-state index is 12.6. The predicted octanol–water partition coefficient (Wildman–Crippen LogP) is -3.98. The number of amides is 2. The Balaban J connectivity index is 0.00000306. The number of carboxylic acids is 1. The second kappa shape index (κ2) is 14.1. The topological polar surface area (TPSA) is 126 Å². The van der Waals surface area contributed by atoms with Crippen LogP contribution >= 0.6 is 11.6 Å². The van der Waals surface area contributed by atoms with Gasteiger partial charge in [0.25, 0.3) is 5.56 Å². The van der Waals surface area contributed by atoms with Crippen LogP contribution in [0.3, 0.4) is 0 Å². The minimum Gasteiger partial charge on any atom is -0.871 e. The van der Waals surface area contributed by atoms with Gasteiger partial charge in [0.1, 0.15) is 5.69 Å². The van der Waals surface area contributed by atoms with E-state index in [0.29, 0.717) is 17.0 Å². The van der Waals surface area contributed by atoms with Crippen LogP contribution in [-0.4, -0.2) is 16.6 Å². The summed E-state index contributed by atoms with van der Waals surface area (Å²) in [6.07, 6.45) is 1.43. The third-order valence-electron chi connectivity index (χ3n) is 5.07. The molecule has 0 bridgehead atoms. The molecule has 3 rings (SSSR count). The van der Waals surface area contributed by atoms with Crippen LogP contribution in [0.4, 0.5) is 10.5 Å². The number of rotatable bonds is 7. The van der Waals surface area contributed by atoms with E-state index in [-0.39, 0.29) is 64.7 Å². The largest absolute Gasteiger partial charge is 1.00 e. The molecule has 0 saturated carbocycles. The SMILES string of the molecule is Cc1cn(C)c(=O)c(NC(=O)NC(CC(=O)[O-])c2cccc(Cc3cccc(Cl)c3)c2)c1[O-].[Na+].[Na+]. The van der Waals surface area contributed by atoms with Crippen LogP contribution in [0.5, 0.6) is 5.75 Å². The van der Waals surface area contributed by atoms with E-state index in [1.807, 2.05) is 24.3 Å². The average molecular weight is 514 g/mol. The molecule has 8 nitrogen and oxygen atoms in total. The zero-order chi connectivity index (χ0) is 24.1. The van der Waals surface area contributed by atoms with E-state index in [9.17, 15) is 24.6 Å². The van der Waals surface area contributed by atoms with E-state index < -0.39 is 41.5 Å². The van der Waals surface area contributed by atoms with Crippen molar-refractivity contribution in [2.24, 2.45) is 7.05 Å². The van der Waals surface area contributed by atoms with Gasteiger partial charge in [0, 0.05) is 30.7 Å². The monoisotopic (exact) mass is 513 g/mol. The summed E-state index contributed by atoms with van der Waals surface area (Å²) in [5.41, 5.74) is 1.60. The summed E-state index contributed by atoms with van der Waals surface area (Å²) in [6, 6.07) is 12.6. The molecule has 2 N–H and O–H groups in total. The van der Waals surface area contributed by atoms with Crippen molar-refractivity contribution in [1.29, 1.82) is 0 Å². The van der Waals surface area contributed by atoms with Crippen molar-refractivity contribution in [1.82, 2.24) is 9.88 Å². The molecular formula is C24H22ClN3Na2O5. The Morgan fingerprint density at radius 2 is 1.71 bits per heavy atom. The van der Waals surface area contributed by atoms with Crippen LogP contribution in [0.15, 0.2) is 59.5 Å². The number of aryl methyl sites for hydroxylation is 2. The molecule has 0 aliphatic carbocycles. The quantitative estimate of drug-likeness (QED) is 0.312. The Morgan fingerprint density at radius 1 is 1.09 bits per heavy atom. The fourth-order valence-corrected chi connectivity index (χ4v) is 3.73. The summed E-state index contributed by atoms with van der Waals surface area (Å²) in [6.45, 7) is 1.52. The second-order valence-corrected chi connectivity index (χ2v) is 8.15. The van der Waals surface area contributed by atoms with Gasteiger partial charge in [-0.05, 0) is 47.7 Å². The first-order valence-electron chi connectivity index (χ1n) is 10.1. The first kappa shape index (κ1) is 31.3. The van der Waals surface area contributed by atoms with Gasteiger partial charge in [-0.2, -0.15) is 0 Å². The number of anilines is 1. The minimum absolute atomic E-state index is 0. The Labute approximate surface area is 252 Å². The number of hydrogen-bond donors (Lipinski definition) is 2. The van der Waals surface area contributed by atoms with Crippen molar-refractivity contribution in [3.63, 3.8) is 0 Å². The Bertz CT molecular complexity index is 1270. The van der Waals surface area contributed by atoms with Crippen LogP contribution in [0.1, 0.15) is 34.7 Å². The van der Waals surface area contributed by atoms with Crippen molar-refractivity contribution < 1.29 is 78.9 Å². The molecule has 1 heterocycles. The zero-order valence-electron chi connectivity index (χ0n) is 20.1. The summed E-state index contributed by atoms with van der Waals surface area (Å²) in [5.74, 6) is -1.97. The third kappa shape index (κ3) is 8.68. The maximum atomic E-state index is 12.6. The molecule has 0 aliphatic heterocycles. The maximum Gasteiger partial charge on any atom is 1.00 e. The summed E-state index contributed by atoms with van der Waals surface area (Å²) >= 11 is 6.04. The molecule has 3 aromatic rings. The molecule has 0 radical (unpaired) electrons. The molecule has 1 atom stereocenters. The number of aromatic nitrogens is 1. The Kier molecular flexibility index (Phi) is 12.6. The van der Waals surface area contributed by atoms with E-state index in [1.54, 1.807) is 24.3 Å². The molecule has 0 aliphatic rings. The van der Waals surface area contributed by atoms with Crippen molar-refractivity contribution in [2.45, 2.75) is 25.8 Å². The van der Waals surface area contributed by atoms with Gasteiger partial charge in [0.15, 0.2) is 0 Å². The molecule has 2 amide bonds. The van der Waals surface area contributed by atoms with Gasteiger partial charge < -0.3 is 30.2 Å². The fourth-order valence-electron chi connectivity index (χ4n) is 3.52. The fraction of sp³-hybridized carbons (Fsp3) is 0.208. The molecule has 172 valence electrons. The molecule has 0 fully saturated rings. The molecule has 35 heavy (non-hydrogen) atoms. The normalized spacial score (nSPS) is 10.9. The summed E-state index contributed by atoms with van der Waals surface area (Å²) in [4.78, 5) is 36.2. The van der Waals surface area contributed by atoms with E-state index in [1.165, 1.54) is 24.7 Å². The Hall–Kier alpha value is -1.78. The van der Waals surface area contributed by atoms with Crippen molar-refractivity contribution in [3.8, 4) is 5.75 Å². The predicted molar refractivity (Wildman–Crippen MR) is 121 cm³/mol. The van der Waals surface area contributed by atoms with Gasteiger partial charge in [0.05, 0.1) is 6.04 Å². The van der Waals surface area contributed by atoms with Crippen molar-refractivity contribution in [3.05, 3.63) is 92.4 Å². The second-order valence-electron chi connectivity index (χ2n) is 7.71. The number of nitrogens with zero attached hydrogens (tertiary/aromatic N) is 1. The zero-order valence-corrected chi connectivity index (χ0v) is 24.8. The number of aliphatic carboxylic acids is 1. The number of benzene rings is 2. The molecule has 1 aromatic heterocycles. The van der Waals surface area contributed by atoms with Crippen LogP contribution < -0.4 is 85.5 Å². The summed E-state index contributed by atoms with van der Waals surface area (Å²) < 4.78 is 1.18. The number of halogens is 1. The van der Waals surface area contributed by atoms with Gasteiger partial charge in [-0.15, -0.1) is 0 Å². The average Bonchev–Trinajstić information content (AvgIpc) is 2.75. The molecule has 0 saturated heterocycles. The first-order chi connectivity index (χ1) is 15.6. The molecule has 1 unspecified atom stereocenters. The number of hydrogen-bond acceptors (Lipinski definition) is 5. The van der Waals surface area contributed by atoms with Crippen LogP contribution in [0.25, 0.3) is 0 Å². The van der Waals surface area contributed by atoms with Crippen molar-refractivity contribution >= 4 is 29.3 Å².